The Bertz CT molecular complexity index is 1660. The van der Waals surface area contributed by atoms with E-state index >= 15 is 0 Å². The molecule has 0 saturated heterocycles. The summed E-state index contributed by atoms with van der Waals surface area (Å²) in [6.07, 6.45) is 0. The minimum Gasteiger partial charge on any atom is -0.288 e. The van der Waals surface area contributed by atoms with Gasteiger partial charge in [0.25, 0.3) is 0 Å². The minimum absolute atomic E-state index is 0.179. The molecule has 3 aliphatic carbocycles. The first-order valence-corrected chi connectivity index (χ1v) is 14.1. The van der Waals surface area contributed by atoms with Crippen LogP contribution in [-0.4, -0.2) is 0 Å². The lowest BCUT2D eigenvalue weighted by atomic mass is 10.0. The third-order valence-electron chi connectivity index (χ3n) is 6.99. The fourth-order valence-electron chi connectivity index (χ4n) is 5.40. The van der Waals surface area contributed by atoms with Crippen molar-refractivity contribution in [3.05, 3.63) is 131 Å². The van der Waals surface area contributed by atoms with Crippen molar-refractivity contribution in [1.29, 1.82) is 0 Å². The molecule has 1 nitrogen and oxygen atoms in total. The number of benzene rings is 4. The lowest BCUT2D eigenvalue weighted by molar-refractivity contribution is 1.40. The molecule has 0 heterocycles. The lowest BCUT2D eigenvalue weighted by Crippen LogP contribution is -1.99. The summed E-state index contributed by atoms with van der Waals surface area (Å²) in [5.41, 5.74) is 6.77. The van der Waals surface area contributed by atoms with E-state index in [9.17, 15) is 4.79 Å². The zero-order valence-electron chi connectivity index (χ0n) is 19.5. The zero-order valence-corrected chi connectivity index (χ0v) is 21.2. The fourth-order valence-corrected chi connectivity index (χ4v) is 7.75. The minimum atomic E-state index is 0.179. The molecule has 0 radical (unpaired) electrons. The SMILES string of the molecule is O=c1c2c(SCc3ccccc3)c3ccccc3c-2c2c3ccccc3c(SCc3ccccc3)c1-2. The van der Waals surface area contributed by atoms with E-state index in [2.05, 4.69) is 97.1 Å². The summed E-state index contributed by atoms with van der Waals surface area (Å²) in [5.74, 6) is 1.68. The second kappa shape index (κ2) is 8.85. The van der Waals surface area contributed by atoms with Crippen LogP contribution in [0.15, 0.2) is 124 Å². The molecule has 172 valence electrons. The van der Waals surface area contributed by atoms with Crippen molar-refractivity contribution in [2.45, 2.75) is 21.3 Å². The summed E-state index contributed by atoms with van der Waals surface area (Å²) < 4.78 is 0. The molecule has 3 aliphatic rings. The maximum absolute atomic E-state index is 14.3. The number of rotatable bonds is 6. The van der Waals surface area contributed by atoms with Crippen molar-refractivity contribution < 1.29 is 0 Å². The van der Waals surface area contributed by atoms with Crippen LogP contribution in [0.2, 0.25) is 0 Å². The summed E-state index contributed by atoms with van der Waals surface area (Å²) >= 11 is 3.57. The van der Waals surface area contributed by atoms with Crippen molar-refractivity contribution >= 4 is 45.1 Å². The highest BCUT2D eigenvalue weighted by atomic mass is 32.2. The predicted molar refractivity (Wildman–Crippen MR) is 155 cm³/mol. The van der Waals surface area contributed by atoms with Crippen LogP contribution in [0.1, 0.15) is 11.1 Å². The molecule has 0 aliphatic heterocycles. The maximum atomic E-state index is 14.3. The molecule has 4 aromatic carbocycles. The van der Waals surface area contributed by atoms with E-state index in [1.54, 1.807) is 23.5 Å². The molecule has 0 amide bonds. The fraction of sp³-hybridized carbons (Fsp3) is 0.0606. The Kier molecular flexibility index (Phi) is 5.34. The van der Waals surface area contributed by atoms with Gasteiger partial charge in [-0.05, 0) is 32.7 Å². The average molecular weight is 499 g/mol. The van der Waals surface area contributed by atoms with Gasteiger partial charge in [-0.25, -0.2) is 0 Å². The Labute approximate surface area is 218 Å². The topological polar surface area (TPSA) is 17.1 Å². The van der Waals surface area contributed by atoms with E-state index in [-0.39, 0.29) is 5.43 Å². The second-order valence-electron chi connectivity index (χ2n) is 9.13. The second-order valence-corrected chi connectivity index (χ2v) is 11.1. The first kappa shape index (κ1) is 21.7. The number of fused-ring (bicyclic) bond motifs is 7. The molecule has 4 aromatic rings. The van der Waals surface area contributed by atoms with Gasteiger partial charge < -0.3 is 0 Å². The van der Waals surface area contributed by atoms with E-state index in [1.165, 1.54) is 32.7 Å². The highest BCUT2D eigenvalue weighted by Gasteiger charge is 2.34. The molecule has 0 bridgehead atoms. The van der Waals surface area contributed by atoms with Gasteiger partial charge in [0.05, 0.1) is 0 Å². The van der Waals surface area contributed by atoms with Gasteiger partial charge in [0.2, 0.25) is 0 Å². The Hall–Kier alpha value is -3.53. The van der Waals surface area contributed by atoms with Gasteiger partial charge in [-0.2, -0.15) is 0 Å². The van der Waals surface area contributed by atoms with Crippen LogP contribution in [0, 0.1) is 0 Å². The molecule has 0 spiro atoms. The van der Waals surface area contributed by atoms with Gasteiger partial charge in [-0.3, -0.25) is 4.79 Å². The summed E-state index contributed by atoms with van der Waals surface area (Å²) in [7, 11) is 0. The number of hydrogen-bond donors (Lipinski definition) is 0. The Morgan fingerprint density at radius 2 is 0.778 bits per heavy atom. The molecule has 3 heteroatoms. The van der Waals surface area contributed by atoms with Crippen molar-refractivity contribution in [1.82, 2.24) is 0 Å². The average Bonchev–Trinajstić information content (AvgIpc) is 3.54. The highest BCUT2D eigenvalue weighted by molar-refractivity contribution is 7.99. The molecule has 7 rings (SSSR count). The molecule has 0 N–H and O–H groups in total. The quantitative estimate of drug-likeness (QED) is 0.213. The van der Waals surface area contributed by atoms with E-state index in [0.29, 0.717) is 0 Å². The van der Waals surface area contributed by atoms with Crippen molar-refractivity contribution in [2.75, 3.05) is 0 Å². The van der Waals surface area contributed by atoms with Crippen LogP contribution in [0.4, 0.5) is 0 Å². The van der Waals surface area contributed by atoms with Gasteiger partial charge in [-0.1, -0.05) is 109 Å². The van der Waals surface area contributed by atoms with Crippen molar-refractivity contribution in [3.63, 3.8) is 0 Å². The summed E-state index contributed by atoms with van der Waals surface area (Å²) in [5, 5.41) is 4.74. The summed E-state index contributed by atoms with van der Waals surface area (Å²) in [6, 6.07) is 38.1. The number of thioether (sulfide) groups is 2. The molecule has 36 heavy (non-hydrogen) atoms. The Balaban J connectivity index is 1.45. The van der Waals surface area contributed by atoms with Gasteiger partial charge in [-0.15, -0.1) is 23.5 Å². The largest absolute Gasteiger partial charge is 0.288 e. The maximum Gasteiger partial charge on any atom is 0.196 e. The third-order valence-corrected chi connectivity index (χ3v) is 9.37. The number of hydrogen-bond acceptors (Lipinski definition) is 3. The van der Waals surface area contributed by atoms with Crippen LogP contribution in [0.25, 0.3) is 43.8 Å². The van der Waals surface area contributed by atoms with E-state index in [4.69, 9.17) is 0 Å². The predicted octanol–water partition coefficient (Wildman–Crippen LogP) is 9.02. The standard InChI is InChI=1S/C33H22OS2/c34-31-29-27(23-15-7-9-17-25(23)32(29)35-19-21-11-3-1-4-12-21)28-24-16-8-10-18-26(24)33(30(28)31)36-20-22-13-5-2-6-14-22/h1-18H,19-20H2. The highest BCUT2D eigenvalue weighted by Crippen LogP contribution is 2.55. The van der Waals surface area contributed by atoms with Crippen LogP contribution < -0.4 is 5.43 Å². The van der Waals surface area contributed by atoms with E-state index in [0.717, 1.165) is 43.6 Å². The molecular weight excluding hydrogens is 476 g/mol. The summed E-state index contributed by atoms with van der Waals surface area (Å²) in [6.45, 7) is 0. The van der Waals surface area contributed by atoms with Gasteiger partial charge >= 0.3 is 0 Å². The molecule has 0 saturated carbocycles. The smallest absolute Gasteiger partial charge is 0.196 e. The molecule has 0 fully saturated rings. The van der Waals surface area contributed by atoms with Crippen LogP contribution >= 0.6 is 23.5 Å². The van der Waals surface area contributed by atoms with Crippen LogP contribution in [0.3, 0.4) is 0 Å². The van der Waals surface area contributed by atoms with Crippen LogP contribution in [0.5, 0.6) is 0 Å². The molecule has 0 atom stereocenters. The first-order valence-electron chi connectivity index (χ1n) is 12.1. The van der Waals surface area contributed by atoms with Crippen molar-refractivity contribution in [2.24, 2.45) is 0 Å². The Morgan fingerprint density at radius 1 is 0.417 bits per heavy atom. The van der Waals surface area contributed by atoms with Crippen LogP contribution in [-0.2, 0) is 11.5 Å². The van der Waals surface area contributed by atoms with E-state index < -0.39 is 0 Å². The zero-order chi connectivity index (χ0) is 24.1. The van der Waals surface area contributed by atoms with E-state index in [1.807, 2.05) is 12.1 Å². The first-order chi connectivity index (χ1) is 17.8. The summed E-state index contributed by atoms with van der Waals surface area (Å²) in [4.78, 5) is 16.5. The molecule has 0 aromatic heterocycles. The molecule has 0 unspecified atom stereocenters. The van der Waals surface area contributed by atoms with Gasteiger partial charge in [0.1, 0.15) is 0 Å². The molecular formula is C33H22OS2. The van der Waals surface area contributed by atoms with Crippen molar-refractivity contribution in [3.8, 4) is 22.3 Å². The normalized spacial score (nSPS) is 11.9. The lowest BCUT2D eigenvalue weighted by Gasteiger charge is -2.04. The monoisotopic (exact) mass is 498 g/mol. The Morgan fingerprint density at radius 3 is 1.19 bits per heavy atom. The van der Waals surface area contributed by atoms with Gasteiger partial charge in [0, 0.05) is 43.6 Å². The van der Waals surface area contributed by atoms with Gasteiger partial charge in [0.15, 0.2) is 5.43 Å². The third kappa shape index (κ3) is 3.38.